The number of halogens is 1. The van der Waals surface area contributed by atoms with Crippen LogP contribution in [0.5, 0.6) is 0 Å². The Morgan fingerprint density at radius 3 is 2.81 bits per heavy atom. The minimum Gasteiger partial charge on any atom is -0.187 e. The third-order valence-electron chi connectivity index (χ3n) is 2.94. The molecule has 0 fully saturated rings. The van der Waals surface area contributed by atoms with E-state index in [-0.39, 0.29) is 0 Å². The molecule has 0 bridgehead atoms. The van der Waals surface area contributed by atoms with E-state index in [9.17, 15) is 0 Å². The first-order chi connectivity index (χ1) is 10.2. The van der Waals surface area contributed by atoms with Gasteiger partial charge in [-0.3, -0.25) is 0 Å². The van der Waals surface area contributed by atoms with E-state index in [0.717, 1.165) is 16.6 Å². The molecule has 1 heterocycles. The van der Waals surface area contributed by atoms with E-state index in [0.29, 0.717) is 5.02 Å². The van der Waals surface area contributed by atoms with Gasteiger partial charge < -0.3 is 0 Å². The molecule has 0 saturated heterocycles. The highest BCUT2D eigenvalue weighted by Gasteiger charge is 2.09. The first-order valence-corrected chi connectivity index (χ1v) is 7.81. The summed E-state index contributed by atoms with van der Waals surface area (Å²) in [5, 5.41) is 13.3. The summed E-state index contributed by atoms with van der Waals surface area (Å²) in [6, 6.07) is 15.9. The van der Waals surface area contributed by atoms with Crippen molar-refractivity contribution in [2.75, 3.05) is 0 Å². The molecule has 0 aliphatic rings. The summed E-state index contributed by atoms with van der Waals surface area (Å²) in [5.74, 6) is 0.822. The van der Waals surface area contributed by atoms with Crippen molar-refractivity contribution in [2.24, 2.45) is 0 Å². The average Bonchev–Trinajstić information content (AvgIpc) is 2.94. The largest absolute Gasteiger partial charge is 0.214 e. The fraction of sp³-hybridized carbons (Fsp3) is 0.133. The molecule has 0 N–H and O–H groups in total. The number of aromatic nitrogens is 4. The lowest BCUT2D eigenvalue weighted by atomic mass is 10.2. The van der Waals surface area contributed by atoms with Gasteiger partial charge in [0, 0.05) is 10.8 Å². The number of thioether (sulfide) groups is 1. The highest BCUT2D eigenvalue weighted by molar-refractivity contribution is 7.98. The summed E-state index contributed by atoms with van der Waals surface area (Å²) in [6.45, 7) is 2.09. The van der Waals surface area contributed by atoms with Crippen molar-refractivity contribution in [3.05, 3.63) is 64.7 Å². The zero-order valence-electron chi connectivity index (χ0n) is 11.4. The van der Waals surface area contributed by atoms with Gasteiger partial charge in [-0.1, -0.05) is 59.3 Å². The molecule has 0 spiro atoms. The van der Waals surface area contributed by atoms with Gasteiger partial charge in [0.1, 0.15) is 0 Å². The summed E-state index contributed by atoms with van der Waals surface area (Å²) in [7, 11) is 0. The van der Waals surface area contributed by atoms with Crippen molar-refractivity contribution in [2.45, 2.75) is 17.8 Å². The molecular formula is C15H13ClN4S. The van der Waals surface area contributed by atoms with Crippen LogP contribution >= 0.6 is 23.4 Å². The lowest BCUT2D eigenvalue weighted by Gasteiger charge is -2.05. The summed E-state index contributed by atoms with van der Waals surface area (Å²) >= 11 is 7.62. The van der Waals surface area contributed by atoms with Gasteiger partial charge in [0.05, 0.1) is 5.69 Å². The molecule has 0 radical (unpaired) electrons. The molecular weight excluding hydrogens is 304 g/mol. The third kappa shape index (κ3) is 3.43. The molecule has 6 heteroatoms. The van der Waals surface area contributed by atoms with Gasteiger partial charge in [-0.2, -0.15) is 4.68 Å². The minimum absolute atomic E-state index is 0.664. The number of benzene rings is 2. The zero-order valence-corrected chi connectivity index (χ0v) is 13.0. The second-order valence-electron chi connectivity index (χ2n) is 4.63. The van der Waals surface area contributed by atoms with Crippen molar-refractivity contribution < 1.29 is 0 Å². The standard InChI is InChI=1S/C15H13ClN4S/c1-11-4-2-5-12(8-11)10-21-15-17-18-19-20(15)14-7-3-6-13(16)9-14/h2-9H,10H2,1H3. The molecule has 106 valence electrons. The van der Waals surface area contributed by atoms with Crippen molar-refractivity contribution in [3.63, 3.8) is 0 Å². The fourth-order valence-electron chi connectivity index (χ4n) is 1.99. The maximum atomic E-state index is 6.02. The number of hydrogen-bond donors (Lipinski definition) is 0. The van der Waals surface area contributed by atoms with Crippen LogP contribution in [0.1, 0.15) is 11.1 Å². The Morgan fingerprint density at radius 2 is 2.00 bits per heavy atom. The van der Waals surface area contributed by atoms with Crippen LogP contribution in [0.4, 0.5) is 0 Å². The first kappa shape index (κ1) is 14.1. The lowest BCUT2D eigenvalue weighted by molar-refractivity contribution is 0.756. The molecule has 1 aromatic heterocycles. The normalized spacial score (nSPS) is 10.8. The van der Waals surface area contributed by atoms with Crippen LogP contribution in [0.15, 0.2) is 53.7 Å². The maximum Gasteiger partial charge on any atom is 0.214 e. The number of rotatable bonds is 4. The second kappa shape index (κ2) is 6.28. The van der Waals surface area contributed by atoms with Gasteiger partial charge in [-0.15, -0.1) is 5.10 Å². The Bertz CT molecular complexity index is 757. The SMILES string of the molecule is Cc1cccc(CSc2nnnn2-c2cccc(Cl)c2)c1. The molecule has 0 aliphatic carbocycles. The van der Waals surface area contributed by atoms with E-state index >= 15 is 0 Å². The van der Waals surface area contributed by atoms with E-state index in [1.165, 1.54) is 11.1 Å². The van der Waals surface area contributed by atoms with Crippen molar-refractivity contribution in [1.29, 1.82) is 0 Å². The molecule has 21 heavy (non-hydrogen) atoms. The predicted octanol–water partition coefficient (Wildman–Crippen LogP) is 3.92. The molecule has 4 nitrogen and oxygen atoms in total. The molecule has 3 rings (SSSR count). The van der Waals surface area contributed by atoms with Gasteiger partial charge in [0.2, 0.25) is 5.16 Å². The van der Waals surface area contributed by atoms with Gasteiger partial charge >= 0.3 is 0 Å². The number of tetrazole rings is 1. The Hall–Kier alpha value is -1.85. The minimum atomic E-state index is 0.664. The maximum absolute atomic E-state index is 6.02. The van der Waals surface area contributed by atoms with Crippen molar-refractivity contribution in [1.82, 2.24) is 20.2 Å². The Morgan fingerprint density at radius 1 is 1.14 bits per heavy atom. The summed E-state index contributed by atoms with van der Waals surface area (Å²) in [4.78, 5) is 0. The van der Waals surface area contributed by atoms with Gasteiger partial charge in [0.25, 0.3) is 0 Å². The summed E-state index contributed by atoms with van der Waals surface area (Å²) < 4.78 is 1.70. The third-order valence-corrected chi connectivity index (χ3v) is 4.17. The Labute approximate surface area is 132 Å². The molecule has 0 unspecified atom stereocenters. The molecule has 0 amide bonds. The summed E-state index contributed by atoms with van der Waals surface area (Å²) in [5.41, 5.74) is 3.36. The van der Waals surface area contributed by atoms with Gasteiger partial charge in [0.15, 0.2) is 0 Å². The van der Waals surface area contributed by atoms with Gasteiger partial charge in [-0.25, -0.2) is 0 Å². The van der Waals surface area contributed by atoms with Crippen LogP contribution in [-0.2, 0) is 5.75 Å². The van der Waals surface area contributed by atoms with Crippen LogP contribution in [0.3, 0.4) is 0 Å². The monoisotopic (exact) mass is 316 g/mol. The number of aryl methyl sites for hydroxylation is 1. The number of hydrogen-bond acceptors (Lipinski definition) is 4. The van der Waals surface area contributed by atoms with E-state index in [1.54, 1.807) is 16.4 Å². The highest BCUT2D eigenvalue weighted by atomic mass is 35.5. The average molecular weight is 317 g/mol. The lowest BCUT2D eigenvalue weighted by Crippen LogP contribution is -1.99. The topological polar surface area (TPSA) is 43.6 Å². The van der Waals surface area contributed by atoms with Crippen molar-refractivity contribution >= 4 is 23.4 Å². The van der Waals surface area contributed by atoms with E-state index in [1.807, 2.05) is 24.3 Å². The first-order valence-electron chi connectivity index (χ1n) is 6.45. The predicted molar refractivity (Wildman–Crippen MR) is 84.9 cm³/mol. The smallest absolute Gasteiger partial charge is 0.187 e. The van der Waals surface area contributed by atoms with Crippen molar-refractivity contribution in [3.8, 4) is 5.69 Å². The number of nitrogens with zero attached hydrogens (tertiary/aromatic N) is 4. The highest BCUT2D eigenvalue weighted by Crippen LogP contribution is 2.23. The van der Waals surface area contributed by atoms with Crippen LogP contribution < -0.4 is 0 Å². The van der Waals surface area contributed by atoms with E-state index in [2.05, 4.69) is 46.7 Å². The van der Waals surface area contributed by atoms with E-state index in [4.69, 9.17) is 11.6 Å². The van der Waals surface area contributed by atoms with Crippen LogP contribution in [-0.4, -0.2) is 20.2 Å². The van der Waals surface area contributed by atoms with E-state index < -0.39 is 0 Å². The van der Waals surface area contributed by atoms with Crippen LogP contribution in [0, 0.1) is 6.92 Å². The van der Waals surface area contributed by atoms with Gasteiger partial charge in [-0.05, 0) is 41.1 Å². The summed E-state index contributed by atoms with van der Waals surface area (Å²) in [6.07, 6.45) is 0. The second-order valence-corrected chi connectivity index (χ2v) is 6.01. The molecule has 0 atom stereocenters. The van der Waals surface area contributed by atoms with Crippen LogP contribution in [0.25, 0.3) is 5.69 Å². The molecule has 2 aromatic carbocycles. The van der Waals surface area contributed by atoms with Crippen LogP contribution in [0.2, 0.25) is 5.02 Å². The molecule has 0 aliphatic heterocycles. The quantitative estimate of drug-likeness (QED) is 0.684. The zero-order chi connectivity index (χ0) is 14.7. The Balaban J connectivity index is 1.80. The molecule has 0 saturated carbocycles. The molecule has 3 aromatic rings. The fourth-order valence-corrected chi connectivity index (χ4v) is 3.01. The Kier molecular flexibility index (Phi) is 4.22.